The molecule has 6 heteroatoms. The molecule has 5 rings (SSSR count). The van der Waals surface area contributed by atoms with E-state index in [1.165, 1.54) is 0 Å². The van der Waals surface area contributed by atoms with Crippen molar-refractivity contribution >= 4 is 39.5 Å². The van der Waals surface area contributed by atoms with E-state index in [0.29, 0.717) is 33.6 Å². The zero-order chi connectivity index (χ0) is 17.8. The Morgan fingerprint density at radius 1 is 1.23 bits per heavy atom. The van der Waals surface area contributed by atoms with E-state index in [-0.39, 0.29) is 5.69 Å². The molecule has 2 heterocycles. The summed E-state index contributed by atoms with van der Waals surface area (Å²) in [6.45, 7) is 1.99. The highest BCUT2D eigenvalue weighted by molar-refractivity contribution is 6.31. The molecule has 1 aliphatic rings. The smallest absolute Gasteiger partial charge is 0.354 e. The van der Waals surface area contributed by atoms with Gasteiger partial charge in [0.25, 0.3) is 0 Å². The van der Waals surface area contributed by atoms with Crippen molar-refractivity contribution in [2.45, 2.75) is 25.8 Å². The first-order valence-electron chi connectivity index (χ1n) is 8.58. The van der Waals surface area contributed by atoms with Gasteiger partial charge in [0.1, 0.15) is 11.1 Å². The molecule has 0 spiro atoms. The van der Waals surface area contributed by atoms with E-state index in [1.54, 1.807) is 10.6 Å². The first-order chi connectivity index (χ1) is 12.6. The van der Waals surface area contributed by atoms with Crippen LogP contribution >= 0.6 is 11.6 Å². The predicted octanol–water partition coefficient (Wildman–Crippen LogP) is 4.67. The largest absolute Gasteiger partial charge is 0.450 e. The van der Waals surface area contributed by atoms with Crippen molar-refractivity contribution in [2.24, 2.45) is 0 Å². The van der Waals surface area contributed by atoms with Crippen molar-refractivity contribution in [3.63, 3.8) is 0 Å². The molecule has 0 aliphatic heterocycles. The summed E-state index contributed by atoms with van der Waals surface area (Å²) in [4.78, 5) is 17.2. The second-order valence-corrected chi connectivity index (χ2v) is 7.19. The molecule has 4 aromatic rings. The zero-order valence-electron chi connectivity index (χ0n) is 14.1. The second kappa shape index (κ2) is 5.61. The lowest BCUT2D eigenvalue weighted by Crippen LogP contribution is -2.23. The molecule has 0 atom stereocenters. The number of anilines is 1. The predicted molar refractivity (Wildman–Crippen MR) is 104 cm³/mol. The van der Waals surface area contributed by atoms with Crippen molar-refractivity contribution in [1.29, 1.82) is 0 Å². The molecule has 0 amide bonds. The van der Waals surface area contributed by atoms with E-state index in [4.69, 9.17) is 16.0 Å². The lowest BCUT2D eigenvalue weighted by molar-refractivity contribution is 0.664. The van der Waals surface area contributed by atoms with Crippen LogP contribution in [-0.4, -0.2) is 15.6 Å². The second-order valence-electron chi connectivity index (χ2n) is 6.76. The Morgan fingerprint density at radius 3 is 2.85 bits per heavy atom. The molecule has 5 nitrogen and oxygen atoms in total. The van der Waals surface area contributed by atoms with Gasteiger partial charge < -0.3 is 9.73 Å². The normalized spacial score (nSPS) is 14.2. The van der Waals surface area contributed by atoms with Gasteiger partial charge in [-0.2, -0.15) is 4.98 Å². The van der Waals surface area contributed by atoms with Gasteiger partial charge in [-0.25, -0.2) is 4.79 Å². The molecule has 0 radical (unpaired) electrons. The molecule has 130 valence electrons. The molecule has 2 aromatic carbocycles. The van der Waals surface area contributed by atoms with Gasteiger partial charge in [0.2, 0.25) is 0 Å². The summed E-state index contributed by atoms with van der Waals surface area (Å²) in [6, 6.07) is 13.6. The summed E-state index contributed by atoms with van der Waals surface area (Å²) < 4.78 is 7.67. The van der Waals surface area contributed by atoms with Crippen molar-refractivity contribution < 1.29 is 4.42 Å². The minimum absolute atomic E-state index is 0.339. The molecule has 26 heavy (non-hydrogen) atoms. The van der Waals surface area contributed by atoms with Crippen LogP contribution in [0.3, 0.4) is 0 Å². The standard InChI is InChI=1S/C20H16ClN3O2/c1-11-3-2-4-14(9-11)24-17-15-10-12(21)5-8-16(15)26-18(17)19(23-20(24)25)22-13-6-7-13/h2-5,8-10,13H,6-7H2,1H3,(H,22,23,25). The number of benzene rings is 2. The van der Waals surface area contributed by atoms with Crippen LogP contribution in [0.2, 0.25) is 5.02 Å². The first-order valence-corrected chi connectivity index (χ1v) is 8.96. The van der Waals surface area contributed by atoms with Crippen LogP contribution in [0, 0.1) is 6.92 Å². The molecular weight excluding hydrogens is 350 g/mol. The number of hydrogen-bond donors (Lipinski definition) is 1. The molecule has 1 aliphatic carbocycles. The Labute approximate surface area is 154 Å². The van der Waals surface area contributed by atoms with Crippen LogP contribution in [0.4, 0.5) is 5.82 Å². The lowest BCUT2D eigenvalue weighted by atomic mass is 10.2. The molecule has 0 saturated heterocycles. The van der Waals surface area contributed by atoms with Crippen LogP contribution in [0.1, 0.15) is 18.4 Å². The van der Waals surface area contributed by atoms with Crippen LogP contribution in [0.25, 0.3) is 27.8 Å². The summed E-state index contributed by atoms with van der Waals surface area (Å²) in [7, 11) is 0. The molecule has 1 N–H and O–H groups in total. The molecular formula is C20H16ClN3O2. The van der Waals surface area contributed by atoms with Crippen molar-refractivity contribution in [3.05, 3.63) is 63.5 Å². The van der Waals surface area contributed by atoms with Crippen molar-refractivity contribution in [3.8, 4) is 5.69 Å². The number of nitrogens with one attached hydrogen (secondary N) is 1. The van der Waals surface area contributed by atoms with E-state index < -0.39 is 0 Å². The number of hydrogen-bond acceptors (Lipinski definition) is 4. The Kier molecular flexibility index (Phi) is 3.34. The highest BCUT2D eigenvalue weighted by atomic mass is 35.5. The van der Waals surface area contributed by atoms with Crippen LogP contribution in [-0.2, 0) is 0 Å². The van der Waals surface area contributed by atoms with E-state index in [0.717, 1.165) is 29.5 Å². The minimum atomic E-state index is -0.339. The van der Waals surface area contributed by atoms with Gasteiger partial charge in [-0.15, -0.1) is 0 Å². The zero-order valence-corrected chi connectivity index (χ0v) is 14.9. The van der Waals surface area contributed by atoms with Crippen LogP contribution in [0.5, 0.6) is 0 Å². The third-order valence-corrected chi connectivity index (χ3v) is 4.87. The fourth-order valence-electron chi connectivity index (χ4n) is 3.26. The minimum Gasteiger partial charge on any atom is -0.450 e. The first kappa shape index (κ1) is 15.5. The maximum atomic E-state index is 12.9. The summed E-state index contributed by atoms with van der Waals surface area (Å²) in [6.07, 6.45) is 2.16. The van der Waals surface area contributed by atoms with Gasteiger partial charge in [0, 0.05) is 16.5 Å². The number of fused-ring (bicyclic) bond motifs is 3. The highest BCUT2D eigenvalue weighted by Crippen LogP contribution is 2.35. The fourth-order valence-corrected chi connectivity index (χ4v) is 3.43. The van der Waals surface area contributed by atoms with Gasteiger partial charge >= 0.3 is 5.69 Å². The quantitative estimate of drug-likeness (QED) is 0.573. The lowest BCUT2D eigenvalue weighted by Gasteiger charge is -2.11. The summed E-state index contributed by atoms with van der Waals surface area (Å²) >= 11 is 6.21. The van der Waals surface area contributed by atoms with E-state index >= 15 is 0 Å². The monoisotopic (exact) mass is 365 g/mol. The molecule has 1 saturated carbocycles. The van der Waals surface area contributed by atoms with Crippen molar-refractivity contribution in [2.75, 3.05) is 5.32 Å². The topological polar surface area (TPSA) is 60.1 Å². The number of aromatic nitrogens is 2. The third kappa shape index (κ3) is 2.47. The van der Waals surface area contributed by atoms with Crippen molar-refractivity contribution in [1.82, 2.24) is 9.55 Å². The number of rotatable bonds is 3. The fraction of sp³-hybridized carbons (Fsp3) is 0.200. The van der Waals surface area contributed by atoms with Crippen LogP contribution in [0.15, 0.2) is 51.7 Å². The Bertz CT molecular complexity index is 1220. The maximum Gasteiger partial charge on any atom is 0.354 e. The average molecular weight is 366 g/mol. The van der Waals surface area contributed by atoms with E-state index in [9.17, 15) is 4.79 Å². The average Bonchev–Trinajstić information content (AvgIpc) is 3.35. The number of furan rings is 1. The molecule has 0 bridgehead atoms. The maximum absolute atomic E-state index is 12.9. The van der Waals surface area contributed by atoms with Gasteiger partial charge in [-0.1, -0.05) is 23.7 Å². The van der Waals surface area contributed by atoms with E-state index in [1.807, 2.05) is 43.3 Å². The Morgan fingerprint density at radius 2 is 2.08 bits per heavy atom. The van der Waals surface area contributed by atoms with Gasteiger partial charge in [-0.3, -0.25) is 4.57 Å². The number of aryl methyl sites for hydroxylation is 1. The Hall–Kier alpha value is -2.79. The SMILES string of the molecule is Cc1cccc(-n2c(=O)nc(NC3CC3)c3oc4ccc(Cl)cc4c32)c1. The highest BCUT2D eigenvalue weighted by Gasteiger charge is 2.26. The van der Waals surface area contributed by atoms with E-state index in [2.05, 4.69) is 10.3 Å². The molecule has 0 unspecified atom stereocenters. The Balaban J connectivity index is 1.91. The van der Waals surface area contributed by atoms with Gasteiger partial charge in [-0.05, 0) is 55.7 Å². The number of halogens is 1. The third-order valence-electron chi connectivity index (χ3n) is 4.64. The summed E-state index contributed by atoms with van der Waals surface area (Å²) in [5.41, 5.74) is 3.43. The van der Waals surface area contributed by atoms with Gasteiger partial charge in [0.05, 0.1) is 5.69 Å². The number of nitrogens with zero attached hydrogens (tertiary/aromatic N) is 2. The molecule has 1 fully saturated rings. The molecule has 2 aromatic heterocycles. The summed E-state index contributed by atoms with van der Waals surface area (Å²) in [5, 5.41) is 4.71. The van der Waals surface area contributed by atoms with Gasteiger partial charge in [0.15, 0.2) is 11.4 Å². The summed E-state index contributed by atoms with van der Waals surface area (Å²) in [5.74, 6) is 0.503. The van der Waals surface area contributed by atoms with Crippen LogP contribution < -0.4 is 11.0 Å².